The van der Waals surface area contributed by atoms with Crippen LogP contribution < -0.4 is 9.47 Å². The molecule has 3 heteroatoms. The highest BCUT2D eigenvalue weighted by molar-refractivity contribution is 6.13. The van der Waals surface area contributed by atoms with Gasteiger partial charge in [0, 0.05) is 16.7 Å². The van der Waals surface area contributed by atoms with E-state index in [-0.39, 0.29) is 5.78 Å². The van der Waals surface area contributed by atoms with E-state index < -0.39 is 0 Å². The van der Waals surface area contributed by atoms with Gasteiger partial charge in [0.1, 0.15) is 11.5 Å². The second-order valence-electron chi connectivity index (χ2n) is 5.26. The van der Waals surface area contributed by atoms with Crippen molar-refractivity contribution in [3.8, 4) is 11.5 Å². The zero-order chi connectivity index (χ0) is 15.5. The molecule has 3 rings (SSSR count). The predicted molar refractivity (Wildman–Crippen MR) is 86.6 cm³/mol. The fraction of sp³-hybridized carbons (Fsp3) is 0.211. The van der Waals surface area contributed by atoms with Gasteiger partial charge in [-0.15, -0.1) is 0 Å². The van der Waals surface area contributed by atoms with Crippen LogP contribution in [0.25, 0.3) is 6.08 Å². The fourth-order valence-electron chi connectivity index (χ4n) is 2.79. The Morgan fingerprint density at radius 1 is 1.00 bits per heavy atom. The van der Waals surface area contributed by atoms with E-state index in [9.17, 15) is 4.79 Å². The average Bonchev–Trinajstić information content (AvgIpc) is 2.57. The van der Waals surface area contributed by atoms with E-state index in [2.05, 4.69) is 0 Å². The van der Waals surface area contributed by atoms with E-state index in [1.165, 1.54) is 0 Å². The molecule has 0 radical (unpaired) electrons. The van der Waals surface area contributed by atoms with Gasteiger partial charge in [0.05, 0.1) is 14.2 Å². The zero-order valence-electron chi connectivity index (χ0n) is 12.8. The average molecular weight is 294 g/mol. The molecular formula is C19H18O3. The van der Waals surface area contributed by atoms with Gasteiger partial charge in [-0.05, 0) is 42.7 Å². The first-order chi connectivity index (χ1) is 10.7. The largest absolute Gasteiger partial charge is 0.497 e. The van der Waals surface area contributed by atoms with E-state index >= 15 is 0 Å². The van der Waals surface area contributed by atoms with Gasteiger partial charge in [0.2, 0.25) is 0 Å². The maximum absolute atomic E-state index is 12.6. The molecule has 0 spiro atoms. The number of hydrogen-bond acceptors (Lipinski definition) is 3. The minimum Gasteiger partial charge on any atom is -0.497 e. The third-order valence-electron chi connectivity index (χ3n) is 3.98. The van der Waals surface area contributed by atoms with Crippen LogP contribution in [0, 0.1) is 0 Å². The summed E-state index contributed by atoms with van der Waals surface area (Å²) < 4.78 is 10.6. The first-order valence-electron chi connectivity index (χ1n) is 7.28. The quantitative estimate of drug-likeness (QED) is 0.805. The van der Waals surface area contributed by atoms with Gasteiger partial charge in [-0.2, -0.15) is 0 Å². The van der Waals surface area contributed by atoms with Crippen molar-refractivity contribution in [1.29, 1.82) is 0 Å². The summed E-state index contributed by atoms with van der Waals surface area (Å²) in [6.07, 6.45) is 3.55. The second kappa shape index (κ2) is 6.06. The molecule has 0 amide bonds. The Kier molecular flexibility index (Phi) is 3.96. The van der Waals surface area contributed by atoms with Crippen LogP contribution in [0.4, 0.5) is 0 Å². The third kappa shape index (κ3) is 2.62. The van der Waals surface area contributed by atoms with E-state index in [4.69, 9.17) is 9.47 Å². The normalized spacial score (nSPS) is 15.5. The minimum atomic E-state index is 0.103. The summed E-state index contributed by atoms with van der Waals surface area (Å²) in [6, 6.07) is 13.4. The number of carbonyl (C=O) groups is 1. The van der Waals surface area contributed by atoms with Crippen LogP contribution in [0.5, 0.6) is 11.5 Å². The molecule has 0 saturated heterocycles. The summed E-state index contributed by atoms with van der Waals surface area (Å²) in [4.78, 5) is 12.6. The van der Waals surface area contributed by atoms with Crippen molar-refractivity contribution in [2.75, 3.05) is 14.2 Å². The number of ether oxygens (including phenoxy) is 2. The smallest absolute Gasteiger partial charge is 0.189 e. The summed E-state index contributed by atoms with van der Waals surface area (Å²) in [5.41, 5.74) is 3.61. The lowest BCUT2D eigenvalue weighted by Crippen LogP contribution is -2.13. The van der Waals surface area contributed by atoms with Crippen LogP contribution in [0.15, 0.2) is 48.0 Å². The van der Waals surface area contributed by atoms with Crippen LogP contribution in [0.3, 0.4) is 0 Å². The fourth-order valence-corrected chi connectivity index (χ4v) is 2.79. The number of hydrogen-bond donors (Lipinski definition) is 0. The van der Waals surface area contributed by atoms with Gasteiger partial charge in [0.15, 0.2) is 5.78 Å². The Hall–Kier alpha value is -2.55. The Labute approximate surface area is 130 Å². The first-order valence-corrected chi connectivity index (χ1v) is 7.28. The summed E-state index contributed by atoms with van der Waals surface area (Å²) >= 11 is 0. The van der Waals surface area contributed by atoms with Crippen molar-refractivity contribution in [2.45, 2.75) is 12.8 Å². The molecule has 3 nitrogen and oxygen atoms in total. The van der Waals surface area contributed by atoms with Crippen LogP contribution >= 0.6 is 0 Å². The van der Waals surface area contributed by atoms with Gasteiger partial charge in [-0.1, -0.05) is 24.3 Å². The molecule has 0 atom stereocenters. The number of allylic oxidation sites excluding steroid dienone is 1. The number of carbonyl (C=O) groups excluding carboxylic acids is 1. The number of benzene rings is 2. The Balaban J connectivity index is 2.01. The summed E-state index contributed by atoms with van der Waals surface area (Å²) in [6.45, 7) is 0. The molecule has 0 bridgehead atoms. The van der Waals surface area contributed by atoms with Gasteiger partial charge in [0.25, 0.3) is 0 Å². The van der Waals surface area contributed by atoms with Crippen molar-refractivity contribution < 1.29 is 14.3 Å². The van der Waals surface area contributed by atoms with E-state index in [0.717, 1.165) is 46.6 Å². The van der Waals surface area contributed by atoms with Crippen LogP contribution in [0.2, 0.25) is 0 Å². The van der Waals surface area contributed by atoms with Crippen molar-refractivity contribution in [2.24, 2.45) is 0 Å². The number of fused-ring (bicyclic) bond motifs is 1. The molecule has 0 aliphatic heterocycles. The standard InChI is InChI=1S/C19H18O3/c1-21-16-9-10-18(22-2)15(12-16)11-14-8-7-13-5-3-4-6-17(13)19(14)20/h3-6,9-12H,7-8H2,1-2H3. The number of ketones is 1. The number of rotatable bonds is 3. The number of methoxy groups -OCH3 is 2. The highest BCUT2D eigenvalue weighted by Crippen LogP contribution is 2.30. The maximum Gasteiger partial charge on any atom is 0.189 e. The maximum atomic E-state index is 12.6. The lowest BCUT2D eigenvalue weighted by molar-refractivity contribution is 0.102. The molecule has 112 valence electrons. The Morgan fingerprint density at radius 2 is 1.82 bits per heavy atom. The summed E-state index contributed by atoms with van der Waals surface area (Å²) in [7, 11) is 3.25. The zero-order valence-corrected chi connectivity index (χ0v) is 12.8. The lowest BCUT2D eigenvalue weighted by atomic mass is 9.86. The molecule has 0 N–H and O–H groups in total. The van der Waals surface area contributed by atoms with Crippen molar-refractivity contribution in [3.05, 3.63) is 64.7 Å². The molecule has 0 fully saturated rings. The Bertz CT molecular complexity index is 744. The molecule has 2 aromatic carbocycles. The van der Waals surface area contributed by atoms with Crippen LogP contribution in [0.1, 0.15) is 27.9 Å². The predicted octanol–water partition coefficient (Wildman–Crippen LogP) is 3.92. The summed E-state index contributed by atoms with van der Waals surface area (Å²) in [5.74, 6) is 1.59. The van der Waals surface area contributed by atoms with Gasteiger partial charge in [-0.25, -0.2) is 0 Å². The third-order valence-corrected chi connectivity index (χ3v) is 3.98. The Morgan fingerprint density at radius 3 is 2.59 bits per heavy atom. The topological polar surface area (TPSA) is 35.5 Å². The molecule has 1 aliphatic carbocycles. The molecular weight excluding hydrogens is 276 g/mol. The molecule has 0 saturated carbocycles. The lowest BCUT2D eigenvalue weighted by Gasteiger charge is -2.17. The summed E-state index contributed by atoms with van der Waals surface area (Å²) in [5, 5.41) is 0. The molecule has 1 aliphatic rings. The van der Waals surface area contributed by atoms with Crippen molar-refractivity contribution >= 4 is 11.9 Å². The minimum absolute atomic E-state index is 0.103. The van der Waals surface area contributed by atoms with Gasteiger partial charge < -0.3 is 9.47 Å². The highest BCUT2D eigenvalue weighted by Gasteiger charge is 2.21. The van der Waals surface area contributed by atoms with E-state index in [1.54, 1.807) is 14.2 Å². The molecule has 22 heavy (non-hydrogen) atoms. The van der Waals surface area contributed by atoms with Crippen molar-refractivity contribution in [3.63, 3.8) is 0 Å². The van der Waals surface area contributed by atoms with Crippen molar-refractivity contribution in [1.82, 2.24) is 0 Å². The highest BCUT2D eigenvalue weighted by atomic mass is 16.5. The van der Waals surface area contributed by atoms with E-state index in [1.807, 2.05) is 48.5 Å². The second-order valence-corrected chi connectivity index (χ2v) is 5.26. The van der Waals surface area contributed by atoms with Gasteiger partial charge in [-0.3, -0.25) is 4.79 Å². The van der Waals surface area contributed by atoms with Crippen LogP contribution in [-0.4, -0.2) is 20.0 Å². The first kappa shape index (κ1) is 14.4. The van der Waals surface area contributed by atoms with E-state index in [0.29, 0.717) is 0 Å². The number of Topliss-reactive ketones (excluding diaryl/α,β-unsaturated/α-hetero) is 1. The monoisotopic (exact) mass is 294 g/mol. The SMILES string of the molecule is COc1ccc(OC)c(C=C2CCc3ccccc3C2=O)c1. The number of aryl methyl sites for hydroxylation is 1. The molecule has 0 unspecified atom stereocenters. The van der Waals surface area contributed by atoms with Gasteiger partial charge >= 0.3 is 0 Å². The molecule has 0 heterocycles. The van der Waals surface area contributed by atoms with Crippen LogP contribution in [-0.2, 0) is 6.42 Å². The molecule has 0 aromatic heterocycles. The molecule has 2 aromatic rings.